The standard InChI is InChI=1S/2C26H23F3N6/c2*1-13(2)22-12-31-35-25(22)33-24(15-5-17(28)11-30-10-15)34-26(35)32-18-4-3-14-6-21-20(19(14)9-18)7-16(27)8-23(21)29/h2*5,7-8,10-13,18H,3-4,6,9H2,1-2H3,(H,32,33,34)/t2*18-/m10/s1. The zero-order valence-electron chi connectivity index (χ0n) is 38.6. The van der Waals surface area contributed by atoms with Gasteiger partial charge in [-0.15, -0.1) is 0 Å². The van der Waals surface area contributed by atoms with Gasteiger partial charge in [-0.3, -0.25) is 9.97 Å². The highest BCUT2D eigenvalue weighted by molar-refractivity contribution is 5.79. The van der Waals surface area contributed by atoms with Gasteiger partial charge < -0.3 is 10.6 Å². The monoisotopic (exact) mass is 952 g/mol. The molecule has 12 nitrogen and oxygen atoms in total. The third-order valence-electron chi connectivity index (χ3n) is 13.7. The van der Waals surface area contributed by atoms with Crippen molar-refractivity contribution in [2.24, 2.45) is 0 Å². The van der Waals surface area contributed by atoms with Gasteiger partial charge in [0.25, 0.3) is 0 Å². The predicted octanol–water partition coefficient (Wildman–Crippen LogP) is 11.4. The topological polar surface area (TPSA) is 136 Å². The maximum absolute atomic E-state index is 14.4. The number of halogens is 6. The molecule has 6 aromatic heterocycles. The van der Waals surface area contributed by atoms with E-state index >= 15 is 0 Å². The lowest BCUT2D eigenvalue weighted by Crippen LogP contribution is -2.25. The molecule has 2 N–H and O–H groups in total. The maximum Gasteiger partial charge on any atom is 0.228 e. The minimum Gasteiger partial charge on any atom is -0.351 e. The van der Waals surface area contributed by atoms with Gasteiger partial charge in [0, 0.05) is 58.9 Å². The molecule has 2 atom stereocenters. The molecule has 2 aromatic carbocycles. The first-order valence-corrected chi connectivity index (χ1v) is 23.4. The summed E-state index contributed by atoms with van der Waals surface area (Å²) < 4.78 is 87.8. The molecule has 0 amide bonds. The molecule has 356 valence electrons. The van der Waals surface area contributed by atoms with Gasteiger partial charge in [0.1, 0.15) is 34.9 Å². The summed E-state index contributed by atoms with van der Waals surface area (Å²) in [5.41, 5.74) is 11.0. The van der Waals surface area contributed by atoms with Gasteiger partial charge in [-0.05, 0) is 121 Å². The number of rotatable bonds is 8. The third-order valence-corrected chi connectivity index (χ3v) is 13.7. The molecule has 0 saturated heterocycles. The Morgan fingerprint density at radius 1 is 0.514 bits per heavy atom. The summed E-state index contributed by atoms with van der Waals surface area (Å²) in [6.45, 7) is 8.22. The van der Waals surface area contributed by atoms with Gasteiger partial charge in [-0.1, -0.05) is 38.8 Å². The Morgan fingerprint density at radius 3 is 1.34 bits per heavy atom. The van der Waals surface area contributed by atoms with Crippen LogP contribution in [0.5, 0.6) is 0 Å². The van der Waals surface area contributed by atoms with Crippen LogP contribution in [0.4, 0.5) is 38.2 Å². The summed E-state index contributed by atoms with van der Waals surface area (Å²) in [5.74, 6) is -1.01. The summed E-state index contributed by atoms with van der Waals surface area (Å²) in [6, 6.07) is 7.44. The molecule has 8 aromatic rings. The lowest BCUT2D eigenvalue weighted by atomic mass is 9.88. The molecule has 12 rings (SSSR count). The molecule has 18 heteroatoms. The molecule has 0 spiro atoms. The summed E-state index contributed by atoms with van der Waals surface area (Å²) in [6.07, 6.45) is 14.4. The van der Waals surface area contributed by atoms with Crippen LogP contribution in [-0.4, -0.2) is 61.2 Å². The Hall–Kier alpha value is -7.50. The van der Waals surface area contributed by atoms with Crippen LogP contribution in [0.2, 0.25) is 0 Å². The number of hydrogen-bond acceptors (Lipinski definition) is 10. The van der Waals surface area contributed by atoms with Crippen LogP contribution < -0.4 is 10.6 Å². The largest absolute Gasteiger partial charge is 0.351 e. The lowest BCUT2D eigenvalue weighted by molar-refractivity contribution is 0.573. The van der Waals surface area contributed by atoms with Crippen molar-refractivity contribution in [3.63, 3.8) is 0 Å². The highest BCUT2D eigenvalue weighted by Gasteiger charge is 2.33. The Kier molecular flexibility index (Phi) is 11.4. The number of nitrogens with zero attached hydrogens (tertiary/aromatic N) is 10. The van der Waals surface area contributed by atoms with E-state index in [0.29, 0.717) is 93.9 Å². The smallest absolute Gasteiger partial charge is 0.228 e. The number of allylic oxidation sites excluding steroid dienone is 2. The van der Waals surface area contributed by atoms with Crippen LogP contribution in [0.3, 0.4) is 0 Å². The predicted molar refractivity (Wildman–Crippen MR) is 253 cm³/mol. The lowest BCUT2D eigenvalue weighted by Gasteiger charge is -2.26. The summed E-state index contributed by atoms with van der Waals surface area (Å²) in [4.78, 5) is 26.6. The van der Waals surface area contributed by atoms with Crippen molar-refractivity contribution in [2.75, 3.05) is 10.6 Å². The molecule has 0 unspecified atom stereocenters. The summed E-state index contributed by atoms with van der Waals surface area (Å²) >= 11 is 0. The fraction of sp³-hybridized carbons (Fsp3) is 0.308. The Morgan fingerprint density at radius 2 is 0.943 bits per heavy atom. The zero-order chi connectivity index (χ0) is 48.5. The van der Waals surface area contributed by atoms with Crippen LogP contribution >= 0.6 is 0 Å². The Bertz CT molecular complexity index is 3240. The SMILES string of the molecule is CC(C)c1cnn2c(N[C@@H]3CCC4=C(C3)c3cc(F)cc(F)c3C4)nc(-c3cncc(F)c3)nc12.CC(C)c1cnn2c(N[C@H]3CCC4=C(C3)c3cc(F)cc(F)c3C4)nc(-c3cncc(F)c3)nc12. The average Bonchev–Trinajstić information content (AvgIpc) is 4.13. The number of pyridine rings is 2. The number of hydrogen-bond donors (Lipinski definition) is 2. The van der Waals surface area contributed by atoms with E-state index in [1.54, 1.807) is 21.4 Å². The molecule has 4 aliphatic rings. The van der Waals surface area contributed by atoms with Gasteiger partial charge >= 0.3 is 0 Å². The first kappa shape index (κ1) is 45.0. The zero-order valence-corrected chi connectivity index (χ0v) is 38.6. The molecule has 0 fully saturated rings. The Labute approximate surface area is 398 Å². The first-order chi connectivity index (χ1) is 33.7. The molecule has 4 aliphatic carbocycles. The summed E-state index contributed by atoms with van der Waals surface area (Å²) in [5, 5.41) is 16.0. The van der Waals surface area contributed by atoms with Gasteiger partial charge in [0.05, 0.1) is 24.8 Å². The number of fused-ring (bicyclic) bond motifs is 6. The van der Waals surface area contributed by atoms with Gasteiger partial charge in [0.2, 0.25) is 11.9 Å². The van der Waals surface area contributed by atoms with E-state index in [1.807, 2.05) is 0 Å². The number of anilines is 2. The first-order valence-electron chi connectivity index (χ1n) is 23.4. The Balaban J connectivity index is 0.000000152. The van der Waals surface area contributed by atoms with Crippen LogP contribution in [0.25, 0.3) is 45.2 Å². The van der Waals surface area contributed by atoms with E-state index in [9.17, 15) is 26.3 Å². The van der Waals surface area contributed by atoms with E-state index in [-0.39, 0.29) is 23.9 Å². The van der Waals surface area contributed by atoms with E-state index in [2.05, 4.69) is 78.4 Å². The number of benzene rings is 2. The quantitative estimate of drug-likeness (QED) is 0.142. The fourth-order valence-corrected chi connectivity index (χ4v) is 10.2. The number of aromatic nitrogens is 10. The molecule has 0 aliphatic heterocycles. The second kappa shape index (κ2) is 17.8. The second-order valence-corrected chi connectivity index (χ2v) is 19.0. The van der Waals surface area contributed by atoms with Gasteiger partial charge in [-0.2, -0.15) is 29.2 Å². The van der Waals surface area contributed by atoms with E-state index < -0.39 is 34.9 Å². The van der Waals surface area contributed by atoms with Crippen LogP contribution in [0.1, 0.15) is 111 Å². The van der Waals surface area contributed by atoms with Crippen LogP contribution in [-0.2, 0) is 12.8 Å². The van der Waals surface area contributed by atoms with E-state index in [1.165, 1.54) is 47.8 Å². The molecule has 6 heterocycles. The minimum atomic E-state index is -0.561. The van der Waals surface area contributed by atoms with Crippen LogP contribution in [0, 0.1) is 34.9 Å². The van der Waals surface area contributed by atoms with E-state index in [0.717, 1.165) is 72.5 Å². The van der Waals surface area contributed by atoms with Crippen molar-refractivity contribution >= 4 is 34.3 Å². The molecule has 0 radical (unpaired) electrons. The van der Waals surface area contributed by atoms with Crippen molar-refractivity contribution in [1.29, 1.82) is 0 Å². The highest BCUT2D eigenvalue weighted by Crippen LogP contribution is 2.45. The molecule has 0 bridgehead atoms. The molecule has 0 saturated carbocycles. The van der Waals surface area contributed by atoms with Crippen molar-refractivity contribution < 1.29 is 26.3 Å². The third kappa shape index (κ3) is 8.31. The van der Waals surface area contributed by atoms with Crippen molar-refractivity contribution in [1.82, 2.24) is 49.1 Å². The van der Waals surface area contributed by atoms with Gasteiger partial charge in [0.15, 0.2) is 22.9 Å². The minimum absolute atomic E-state index is 0.0192. The van der Waals surface area contributed by atoms with Crippen molar-refractivity contribution in [3.8, 4) is 22.8 Å². The van der Waals surface area contributed by atoms with Gasteiger partial charge in [-0.25, -0.2) is 36.3 Å². The molecule has 70 heavy (non-hydrogen) atoms. The van der Waals surface area contributed by atoms with E-state index in [4.69, 9.17) is 0 Å². The molecular formula is C52H46F6N12. The average molecular weight is 953 g/mol. The highest BCUT2D eigenvalue weighted by atomic mass is 19.2. The van der Waals surface area contributed by atoms with Crippen molar-refractivity contribution in [2.45, 2.75) is 103 Å². The fourth-order valence-electron chi connectivity index (χ4n) is 10.2. The second-order valence-electron chi connectivity index (χ2n) is 19.0. The van der Waals surface area contributed by atoms with Crippen LogP contribution in [0.15, 0.2) is 84.7 Å². The number of nitrogens with one attached hydrogen (secondary N) is 2. The normalized spacial score (nSPS) is 17.3. The molecular weight excluding hydrogens is 907 g/mol. The van der Waals surface area contributed by atoms with Crippen molar-refractivity contribution in [3.05, 3.63) is 153 Å². The maximum atomic E-state index is 14.4. The summed E-state index contributed by atoms with van der Waals surface area (Å²) in [7, 11) is 0.